The van der Waals surface area contributed by atoms with Crippen LogP contribution in [0.25, 0.3) is 0 Å². The Morgan fingerprint density at radius 2 is 1.95 bits per heavy atom. The third kappa shape index (κ3) is 3.66. The number of hydrogen-bond donors (Lipinski definition) is 1. The van der Waals surface area contributed by atoms with Crippen LogP contribution in [0.1, 0.15) is 45.2 Å². The summed E-state index contributed by atoms with van der Waals surface area (Å²) in [6, 6.07) is 4.75. The summed E-state index contributed by atoms with van der Waals surface area (Å²) in [5.74, 6) is 0.990. The molecule has 4 heteroatoms. The Bertz CT molecular complexity index is 389. The van der Waals surface area contributed by atoms with E-state index in [4.69, 9.17) is 0 Å². The van der Waals surface area contributed by atoms with E-state index in [-0.39, 0.29) is 0 Å². The molecule has 2 rings (SSSR count). The van der Waals surface area contributed by atoms with Gasteiger partial charge in [0, 0.05) is 19.6 Å². The number of anilines is 1. The van der Waals surface area contributed by atoms with Crippen LogP contribution in [0.4, 0.5) is 5.82 Å². The predicted molar refractivity (Wildman–Crippen MR) is 79.2 cm³/mol. The molecule has 4 nitrogen and oxygen atoms in total. The Labute approximate surface area is 116 Å². The van der Waals surface area contributed by atoms with E-state index in [2.05, 4.69) is 53.4 Å². The van der Waals surface area contributed by atoms with Gasteiger partial charge in [0.25, 0.3) is 0 Å². The lowest BCUT2D eigenvalue weighted by atomic mass is 9.75. The van der Waals surface area contributed by atoms with Gasteiger partial charge in [-0.05, 0) is 50.3 Å². The third-order valence-electron chi connectivity index (χ3n) is 4.28. The molecule has 1 aromatic heterocycles. The van der Waals surface area contributed by atoms with Gasteiger partial charge in [0.1, 0.15) is 0 Å². The average molecular weight is 262 g/mol. The lowest BCUT2D eigenvalue weighted by Gasteiger charge is -2.38. The molecule has 0 spiro atoms. The summed E-state index contributed by atoms with van der Waals surface area (Å²) in [4.78, 5) is 2.30. The molecule has 0 bridgehead atoms. The van der Waals surface area contributed by atoms with E-state index >= 15 is 0 Å². The quantitative estimate of drug-likeness (QED) is 0.905. The summed E-state index contributed by atoms with van der Waals surface area (Å²) in [6.07, 6.45) is 5.10. The SMILES string of the molecule is CNCc1ccc(N(C)C2CCC(C)(C)CC2)nn1. The molecule has 0 aromatic carbocycles. The number of hydrogen-bond acceptors (Lipinski definition) is 4. The van der Waals surface area contributed by atoms with Crippen molar-refractivity contribution in [2.75, 3.05) is 19.0 Å². The van der Waals surface area contributed by atoms with Crippen LogP contribution in [-0.4, -0.2) is 30.3 Å². The molecule has 0 radical (unpaired) electrons. The minimum Gasteiger partial charge on any atom is -0.355 e. The van der Waals surface area contributed by atoms with Gasteiger partial charge in [-0.25, -0.2) is 0 Å². The van der Waals surface area contributed by atoms with E-state index in [0.29, 0.717) is 11.5 Å². The molecular formula is C15H26N4. The third-order valence-corrected chi connectivity index (χ3v) is 4.28. The Morgan fingerprint density at radius 3 is 2.47 bits per heavy atom. The average Bonchev–Trinajstić information content (AvgIpc) is 2.39. The normalized spacial score (nSPS) is 19.4. The zero-order chi connectivity index (χ0) is 13.9. The van der Waals surface area contributed by atoms with Crippen molar-refractivity contribution in [1.29, 1.82) is 0 Å². The lowest BCUT2D eigenvalue weighted by Crippen LogP contribution is -2.37. The van der Waals surface area contributed by atoms with Crippen LogP contribution >= 0.6 is 0 Å². The Kier molecular flexibility index (Phi) is 4.40. The fourth-order valence-electron chi connectivity index (χ4n) is 2.77. The fourth-order valence-corrected chi connectivity index (χ4v) is 2.77. The van der Waals surface area contributed by atoms with Gasteiger partial charge in [0.15, 0.2) is 5.82 Å². The van der Waals surface area contributed by atoms with Crippen LogP contribution in [0.15, 0.2) is 12.1 Å². The molecule has 1 heterocycles. The standard InChI is InChI=1S/C15H26N4/c1-15(2)9-7-13(8-10-15)19(4)14-6-5-12(11-16-3)17-18-14/h5-6,13,16H,7-11H2,1-4H3. The van der Waals surface area contributed by atoms with Gasteiger partial charge < -0.3 is 10.2 Å². The first-order valence-electron chi connectivity index (χ1n) is 7.22. The molecule has 0 atom stereocenters. The van der Waals surface area contributed by atoms with Crippen LogP contribution in [0, 0.1) is 5.41 Å². The van der Waals surface area contributed by atoms with E-state index in [1.54, 1.807) is 0 Å². The van der Waals surface area contributed by atoms with Crippen LogP contribution in [0.3, 0.4) is 0 Å². The minimum absolute atomic E-state index is 0.514. The van der Waals surface area contributed by atoms with Crippen LogP contribution < -0.4 is 10.2 Å². The van der Waals surface area contributed by atoms with Crippen molar-refractivity contribution < 1.29 is 0 Å². The number of rotatable bonds is 4. The van der Waals surface area contributed by atoms with Gasteiger partial charge >= 0.3 is 0 Å². The Morgan fingerprint density at radius 1 is 1.26 bits per heavy atom. The van der Waals surface area contributed by atoms with Crippen molar-refractivity contribution in [2.45, 2.75) is 52.1 Å². The summed E-state index contributed by atoms with van der Waals surface area (Å²) in [6.45, 7) is 5.51. The van der Waals surface area contributed by atoms with Crippen molar-refractivity contribution in [3.05, 3.63) is 17.8 Å². The summed E-state index contributed by atoms with van der Waals surface area (Å²) in [5.41, 5.74) is 1.50. The second-order valence-corrected chi connectivity index (χ2v) is 6.42. The van der Waals surface area contributed by atoms with E-state index in [1.807, 2.05) is 7.05 Å². The molecule has 0 saturated heterocycles. The van der Waals surface area contributed by atoms with Gasteiger partial charge in [-0.3, -0.25) is 0 Å². The molecule has 19 heavy (non-hydrogen) atoms. The summed E-state index contributed by atoms with van der Waals surface area (Å²) >= 11 is 0. The van der Waals surface area contributed by atoms with Crippen molar-refractivity contribution in [3.63, 3.8) is 0 Å². The van der Waals surface area contributed by atoms with Gasteiger partial charge in [-0.2, -0.15) is 5.10 Å². The maximum absolute atomic E-state index is 4.34. The topological polar surface area (TPSA) is 41.0 Å². The highest BCUT2D eigenvalue weighted by Gasteiger charge is 2.29. The maximum Gasteiger partial charge on any atom is 0.151 e. The smallest absolute Gasteiger partial charge is 0.151 e. The van der Waals surface area contributed by atoms with Gasteiger partial charge in [0.2, 0.25) is 0 Å². The lowest BCUT2D eigenvalue weighted by molar-refractivity contribution is 0.222. The second-order valence-electron chi connectivity index (χ2n) is 6.42. The molecular weight excluding hydrogens is 236 g/mol. The maximum atomic E-state index is 4.34. The molecule has 1 fully saturated rings. The molecule has 0 aliphatic heterocycles. The molecule has 1 aliphatic carbocycles. The van der Waals surface area contributed by atoms with Crippen LogP contribution in [0.2, 0.25) is 0 Å². The van der Waals surface area contributed by atoms with Crippen molar-refractivity contribution >= 4 is 5.82 Å². The highest BCUT2D eigenvalue weighted by atomic mass is 15.3. The van der Waals surface area contributed by atoms with Crippen LogP contribution in [0.5, 0.6) is 0 Å². The Hall–Kier alpha value is -1.16. The zero-order valence-corrected chi connectivity index (χ0v) is 12.6. The first-order chi connectivity index (χ1) is 9.02. The van der Waals surface area contributed by atoms with E-state index in [1.165, 1.54) is 25.7 Å². The van der Waals surface area contributed by atoms with Gasteiger partial charge in [0.05, 0.1) is 5.69 Å². The van der Waals surface area contributed by atoms with Crippen molar-refractivity contribution in [2.24, 2.45) is 5.41 Å². The summed E-state index contributed by atoms with van der Waals surface area (Å²) < 4.78 is 0. The molecule has 1 aromatic rings. The first-order valence-corrected chi connectivity index (χ1v) is 7.22. The Balaban J connectivity index is 1.97. The highest BCUT2D eigenvalue weighted by molar-refractivity contribution is 5.37. The summed E-state index contributed by atoms with van der Waals surface area (Å²) in [5, 5.41) is 11.7. The molecule has 0 amide bonds. The zero-order valence-electron chi connectivity index (χ0n) is 12.6. The van der Waals surface area contributed by atoms with E-state index < -0.39 is 0 Å². The second kappa shape index (κ2) is 5.87. The highest BCUT2D eigenvalue weighted by Crippen LogP contribution is 2.37. The molecule has 1 N–H and O–H groups in total. The minimum atomic E-state index is 0.514. The van der Waals surface area contributed by atoms with E-state index in [9.17, 15) is 0 Å². The monoisotopic (exact) mass is 262 g/mol. The molecule has 1 aliphatic rings. The predicted octanol–water partition coefficient (Wildman–Crippen LogP) is 2.60. The number of nitrogens with one attached hydrogen (secondary N) is 1. The van der Waals surface area contributed by atoms with Gasteiger partial charge in [-0.15, -0.1) is 5.10 Å². The van der Waals surface area contributed by atoms with Crippen molar-refractivity contribution in [3.8, 4) is 0 Å². The molecule has 0 unspecified atom stereocenters. The molecule has 1 saturated carbocycles. The fraction of sp³-hybridized carbons (Fsp3) is 0.733. The largest absolute Gasteiger partial charge is 0.355 e. The van der Waals surface area contributed by atoms with E-state index in [0.717, 1.165) is 18.1 Å². The summed E-state index contributed by atoms with van der Waals surface area (Å²) in [7, 11) is 4.07. The number of aromatic nitrogens is 2. The van der Waals surface area contributed by atoms with Crippen molar-refractivity contribution in [1.82, 2.24) is 15.5 Å². The number of nitrogens with zero attached hydrogens (tertiary/aromatic N) is 3. The first kappa shape index (κ1) is 14.3. The van der Waals surface area contributed by atoms with Gasteiger partial charge in [-0.1, -0.05) is 13.8 Å². The van der Waals surface area contributed by atoms with Crippen LogP contribution in [-0.2, 0) is 6.54 Å². The molecule has 106 valence electrons.